The van der Waals surface area contributed by atoms with Crippen molar-refractivity contribution >= 4 is 23.2 Å². The molecule has 0 aromatic heterocycles. The highest BCUT2D eigenvalue weighted by atomic mass is 19.1. The summed E-state index contributed by atoms with van der Waals surface area (Å²) in [6.07, 6.45) is 0. The summed E-state index contributed by atoms with van der Waals surface area (Å²) in [6.45, 7) is 3.02. The second-order valence-electron chi connectivity index (χ2n) is 4.65. The maximum atomic E-state index is 13.9. The summed E-state index contributed by atoms with van der Waals surface area (Å²) in [4.78, 5) is 22.9. The Morgan fingerprint density at radius 3 is 2.10 bits per heavy atom. The first kappa shape index (κ1) is 14.7. The summed E-state index contributed by atoms with van der Waals surface area (Å²) in [5, 5.41) is 5.24. The van der Waals surface area contributed by atoms with Crippen LogP contribution in [-0.4, -0.2) is 11.8 Å². The predicted octanol–water partition coefficient (Wildman–Crippen LogP) is 3.34. The van der Waals surface area contributed by atoms with E-state index in [4.69, 9.17) is 0 Å². The molecule has 2 aromatic rings. The molecule has 108 valence electrons. The highest BCUT2D eigenvalue weighted by Gasteiger charge is 2.13. The number of hydrogen-bond donors (Lipinski definition) is 2. The molecule has 0 radical (unpaired) electrons. The number of amides is 2. The first-order valence-corrected chi connectivity index (χ1v) is 6.41. The molecule has 0 saturated carbocycles. The minimum atomic E-state index is -0.523. The third kappa shape index (κ3) is 3.66. The van der Waals surface area contributed by atoms with Crippen LogP contribution in [0.4, 0.5) is 15.8 Å². The van der Waals surface area contributed by atoms with Crippen LogP contribution in [-0.2, 0) is 4.79 Å². The van der Waals surface area contributed by atoms with Crippen molar-refractivity contribution < 1.29 is 14.0 Å². The Bertz CT molecular complexity index is 681. The lowest BCUT2D eigenvalue weighted by atomic mass is 10.1. The zero-order valence-electron chi connectivity index (χ0n) is 11.7. The minimum absolute atomic E-state index is 0.000868. The quantitative estimate of drug-likeness (QED) is 0.909. The average Bonchev–Trinajstić information content (AvgIpc) is 2.43. The van der Waals surface area contributed by atoms with Gasteiger partial charge < -0.3 is 10.6 Å². The van der Waals surface area contributed by atoms with Gasteiger partial charge in [0.15, 0.2) is 0 Å². The van der Waals surface area contributed by atoms with E-state index in [9.17, 15) is 14.0 Å². The van der Waals surface area contributed by atoms with Crippen molar-refractivity contribution in [3.8, 4) is 0 Å². The van der Waals surface area contributed by atoms with Crippen LogP contribution in [0.1, 0.15) is 22.8 Å². The van der Waals surface area contributed by atoms with Crippen molar-refractivity contribution in [3.05, 3.63) is 59.4 Å². The van der Waals surface area contributed by atoms with Gasteiger partial charge in [0.05, 0.1) is 5.56 Å². The lowest BCUT2D eigenvalue weighted by Crippen LogP contribution is -2.14. The number of rotatable bonds is 3. The van der Waals surface area contributed by atoms with Crippen molar-refractivity contribution in [2.24, 2.45) is 0 Å². The molecule has 21 heavy (non-hydrogen) atoms. The summed E-state index contributed by atoms with van der Waals surface area (Å²) in [7, 11) is 0. The summed E-state index contributed by atoms with van der Waals surface area (Å²) in [5.74, 6) is -1.21. The Balaban J connectivity index is 2.12. The molecule has 0 aliphatic heterocycles. The molecule has 2 N–H and O–H groups in total. The number of carbonyl (C=O) groups excluding carboxylic acids is 2. The van der Waals surface area contributed by atoms with Gasteiger partial charge in [-0.05, 0) is 42.8 Å². The van der Waals surface area contributed by atoms with E-state index in [-0.39, 0.29) is 11.5 Å². The van der Waals surface area contributed by atoms with Crippen molar-refractivity contribution in [1.29, 1.82) is 0 Å². The third-order valence-electron chi connectivity index (χ3n) is 2.90. The van der Waals surface area contributed by atoms with Crippen molar-refractivity contribution in [2.45, 2.75) is 13.8 Å². The first-order chi connectivity index (χ1) is 9.97. The molecule has 0 heterocycles. The zero-order chi connectivity index (χ0) is 15.4. The van der Waals surface area contributed by atoms with E-state index < -0.39 is 11.7 Å². The molecule has 0 spiro atoms. The number of anilines is 2. The predicted molar refractivity (Wildman–Crippen MR) is 79.8 cm³/mol. The maximum Gasteiger partial charge on any atom is 0.258 e. The van der Waals surface area contributed by atoms with E-state index in [0.29, 0.717) is 16.9 Å². The molecule has 0 saturated heterocycles. The molecule has 0 aliphatic rings. The largest absolute Gasteiger partial charge is 0.326 e. The summed E-state index contributed by atoms with van der Waals surface area (Å²) in [5.41, 5.74) is 1.57. The van der Waals surface area contributed by atoms with Gasteiger partial charge in [-0.3, -0.25) is 9.59 Å². The van der Waals surface area contributed by atoms with Gasteiger partial charge in [0.2, 0.25) is 5.91 Å². The van der Waals surface area contributed by atoms with Gasteiger partial charge in [0.25, 0.3) is 5.91 Å². The molecule has 5 heteroatoms. The molecule has 0 unspecified atom stereocenters. The average molecular weight is 286 g/mol. The number of nitrogens with one attached hydrogen (secondary N) is 2. The molecule has 0 atom stereocenters. The van der Waals surface area contributed by atoms with Crippen LogP contribution in [0, 0.1) is 12.7 Å². The van der Waals surface area contributed by atoms with Crippen LogP contribution < -0.4 is 10.6 Å². The fourth-order valence-electron chi connectivity index (χ4n) is 1.86. The van der Waals surface area contributed by atoms with Crippen molar-refractivity contribution in [1.82, 2.24) is 0 Å². The van der Waals surface area contributed by atoms with Crippen LogP contribution in [0.3, 0.4) is 0 Å². The standard InChI is InChI=1S/C16H15FN2O2/c1-10-4-3-5-14(15(10)17)16(21)19-13-8-6-12(7-9-13)18-11(2)20/h3-9H,1-2H3,(H,18,20)(H,19,21). The van der Waals surface area contributed by atoms with Gasteiger partial charge in [0.1, 0.15) is 5.82 Å². The number of aryl methyl sites for hydroxylation is 1. The Morgan fingerprint density at radius 2 is 1.52 bits per heavy atom. The molecule has 2 amide bonds. The van der Waals surface area contributed by atoms with Crippen LogP contribution in [0.25, 0.3) is 0 Å². The number of hydrogen-bond acceptors (Lipinski definition) is 2. The molecular weight excluding hydrogens is 271 g/mol. The number of carbonyl (C=O) groups is 2. The monoisotopic (exact) mass is 286 g/mol. The van der Waals surface area contributed by atoms with Gasteiger partial charge in [-0.25, -0.2) is 4.39 Å². The second-order valence-corrected chi connectivity index (χ2v) is 4.65. The van der Waals surface area contributed by atoms with Crippen LogP contribution in [0.5, 0.6) is 0 Å². The molecule has 2 aromatic carbocycles. The van der Waals surface area contributed by atoms with Gasteiger partial charge in [-0.15, -0.1) is 0 Å². The normalized spacial score (nSPS) is 10.0. The van der Waals surface area contributed by atoms with Crippen LogP contribution >= 0.6 is 0 Å². The van der Waals surface area contributed by atoms with Gasteiger partial charge in [-0.1, -0.05) is 12.1 Å². The summed E-state index contributed by atoms with van der Waals surface area (Å²) >= 11 is 0. The van der Waals surface area contributed by atoms with Crippen LogP contribution in [0.2, 0.25) is 0 Å². The van der Waals surface area contributed by atoms with E-state index in [2.05, 4.69) is 10.6 Å². The van der Waals surface area contributed by atoms with E-state index in [0.717, 1.165) is 0 Å². The SMILES string of the molecule is CC(=O)Nc1ccc(NC(=O)c2cccc(C)c2F)cc1. The van der Waals surface area contributed by atoms with Gasteiger partial charge in [0, 0.05) is 18.3 Å². The smallest absolute Gasteiger partial charge is 0.258 e. The molecule has 4 nitrogen and oxygen atoms in total. The molecule has 2 rings (SSSR count). The van der Waals surface area contributed by atoms with E-state index in [1.165, 1.54) is 13.0 Å². The minimum Gasteiger partial charge on any atom is -0.326 e. The molecular formula is C16H15FN2O2. The van der Waals surface area contributed by atoms with Crippen LogP contribution in [0.15, 0.2) is 42.5 Å². The number of benzene rings is 2. The Labute approximate surface area is 122 Å². The third-order valence-corrected chi connectivity index (χ3v) is 2.90. The Hall–Kier alpha value is -2.69. The highest BCUT2D eigenvalue weighted by molar-refractivity contribution is 6.04. The molecule has 0 bridgehead atoms. The zero-order valence-corrected chi connectivity index (χ0v) is 11.7. The fourth-order valence-corrected chi connectivity index (χ4v) is 1.86. The Morgan fingerprint density at radius 1 is 0.952 bits per heavy atom. The molecule has 0 fully saturated rings. The highest BCUT2D eigenvalue weighted by Crippen LogP contribution is 2.17. The van der Waals surface area contributed by atoms with Gasteiger partial charge in [-0.2, -0.15) is 0 Å². The topological polar surface area (TPSA) is 58.2 Å². The van der Waals surface area contributed by atoms with E-state index >= 15 is 0 Å². The lowest BCUT2D eigenvalue weighted by Gasteiger charge is -2.08. The fraction of sp³-hybridized carbons (Fsp3) is 0.125. The van der Waals surface area contributed by atoms with Crippen molar-refractivity contribution in [3.63, 3.8) is 0 Å². The summed E-state index contributed by atoms with van der Waals surface area (Å²) < 4.78 is 13.9. The summed E-state index contributed by atoms with van der Waals surface area (Å²) in [6, 6.07) is 11.3. The lowest BCUT2D eigenvalue weighted by molar-refractivity contribution is -0.114. The first-order valence-electron chi connectivity index (χ1n) is 6.41. The number of halogens is 1. The second kappa shape index (κ2) is 6.17. The maximum absolute atomic E-state index is 13.9. The van der Waals surface area contributed by atoms with E-state index in [1.807, 2.05) is 0 Å². The van der Waals surface area contributed by atoms with E-state index in [1.54, 1.807) is 43.3 Å². The molecule has 0 aliphatic carbocycles. The van der Waals surface area contributed by atoms with Gasteiger partial charge >= 0.3 is 0 Å². The Kier molecular flexibility index (Phi) is 4.33. The van der Waals surface area contributed by atoms with Crippen molar-refractivity contribution in [2.75, 3.05) is 10.6 Å².